The van der Waals surface area contributed by atoms with Gasteiger partial charge >= 0.3 is 0 Å². The van der Waals surface area contributed by atoms with E-state index in [4.69, 9.17) is 14.2 Å². The standard InChI is InChI=1S/C26H38N2O4/c1-30-22-15-20(16-23(31-2)24(22)32-3)18-28-13-10-26(11-14-28)17-21(26)25(29)27-12-9-19-7-5-4-6-8-19/h7,15-16,21H,4-6,8-14,17-18H2,1-3H3,(H,27,29)/t21-/m1/s1. The first-order valence-electron chi connectivity index (χ1n) is 12.1. The minimum absolute atomic E-state index is 0.214. The van der Waals surface area contributed by atoms with Crippen LogP contribution in [0.15, 0.2) is 23.8 Å². The van der Waals surface area contributed by atoms with E-state index in [1.165, 1.54) is 31.3 Å². The van der Waals surface area contributed by atoms with Gasteiger partial charge < -0.3 is 19.5 Å². The number of hydrogen-bond donors (Lipinski definition) is 1. The summed E-state index contributed by atoms with van der Waals surface area (Å²) in [5.74, 6) is 2.50. The number of ether oxygens (including phenoxy) is 3. The van der Waals surface area contributed by atoms with E-state index in [0.29, 0.717) is 17.2 Å². The van der Waals surface area contributed by atoms with Crippen LogP contribution >= 0.6 is 0 Å². The summed E-state index contributed by atoms with van der Waals surface area (Å²) in [6, 6.07) is 4.06. The minimum atomic E-state index is 0.214. The lowest BCUT2D eigenvalue weighted by molar-refractivity contribution is -0.123. The summed E-state index contributed by atoms with van der Waals surface area (Å²) in [5.41, 5.74) is 2.92. The number of carbonyl (C=O) groups is 1. The molecule has 6 nitrogen and oxygen atoms in total. The normalized spacial score (nSPS) is 22.2. The van der Waals surface area contributed by atoms with Crippen molar-refractivity contribution in [1.29, 1.82) is 0 Å². The molecule has 1 saturated heterocycles. The number of hydrogen-bond acceptors (Lipinski definition) is 5. The molecule has 1 saturated carbocycles. The van der Waals surface area contributed by atoms with E-state index >= 15 is 0 Å². The molecule has 1 aliphatic heterocycles. The zero-order valence-corrected chi connectivity index (χ0v) is 19.9. The van der Waals surface area contributed by atoms with Crippen molar-refractivity contribution < 1.29 is 19.0 Å². The molecule has 1 aromatic carbocycles. The Morgan fingerprint density at radius 3 is 2.41 bits per heavy atom. The molecule has 0 bridgehead atoms. The van der Waals surface area contributed by atoms with Gasteiger partial charge in [-0.25, -0.2) is 0 Å². The lowest BCUT2D eigenvalue weighted by atomic mass is 9.90. The Bertz CT molecular complexity index is 817. The van der Waals surface area contributed by atoms with Crippen LogP contribution < -0.4 is 19.5 Å². The van der Waals surface area contributed by atoms with Gasteiger partial charge in [0.05, 0.1) is 21.3 Å². The predicted molar refractivity (Wildman–Crippen MR) is 125 cm³/mol. The Hall–Kier alpha value is -2.21. The number of allylic oxidation sites excluding steroid dienone is 1. The highest BCUT2D eigenvalue weighted by atomic mass is 16.5. The summed E-state index contributed by atoms with van der Waals surface area (Å²) in [5, 5.41) is 3.22. The first kappa shape index (κ1) is 23.0. The molecule has 1 aromatic rings. The van der Waals surface area contributed by atoms with Crippen LogP contribution in [0.25, 0.3) is 0 Å². The Balaban J connectivity index is 1.25. The molecule has 4 rings (SSSR count). The second-order valence-electron chi connectivity index (χ2n) is 9.58. The number of likely N-dealkylation sites (tertiary alicyclic amines) is 1. The second kappa shape index (κ2) is 10.2. The third-order valence-corrected chi connectivity index (χ3v) is 7.62. The minimum Gasteiger partial charge on any atom is -0.493 e. The highest BCUT2D eigenvalue weighted by Crippen LogP contribution is 2.59. The van der Waals surface area contributed by atoms with Crippen molar-refractivity contribution in [2.45, 2.75) is 57.9 Å². The fourth-order valence-corrected chi connectivity index (χ4v) is 5.51. The molecule has 1 atom stereocenters. The molecule has 1 heterocycles. The number of amides is 1. The van der Waals surface area contributed by atoms with Gasteiger partial charge in [0.25, 0.3) is 0 Å². The molecule has 6 heteroatoms. The summed E-state index contributed by atoms with van der Waals surface area (Å²) >= 11 is 0. The van der Waals surface area contributed by atoms with Gasteiger partial charge in [-0.05, 0) is 87.6 Å². The topological polar surface area (TPSA) is 60.0 Å². The lowest BCUT2D eigenvalue weighted by Crippen LogP contribution is -2.37. The van der Waals surface area contributed by atoms with Crippen LogP contribution in [0, 0.1) is 11.3 Å². The van der Waals surface area contributed by atoms with Crippen molar-refractivity contribution in [2.75, 3.05) is 41.0 Å². The summed E-state index contributed by atoms with van der Waals surface area (Å²) in [6.07, 6.45) is 11.7. The highest BCUT2D eigenvalue weighted by molar-refractivity contribution is 5.82. The smallest absolute Gasteiger partial charge is 0.223 e. The van der Waals surface area contributed by atoms with Gasteiger partial charge in [-0.2, -0.15) is 0 Å². The van der Waals surface area contributed by atoms with E-state index < -0.39 is 0 Å². The molecule has 176 valence electrons. The van der Waals surface area contributed by atoms with E-state index in [1.54, 1.807) is 21.3 Å². The van der Waals surface area contributed by atoms with Crippen molar-refractivity contribution in [2.24, 2.45) is 11.3 Å². The summed E-state index contributed by atoms with van der Waals surface area (Å²) in [7, 11) is 4.92. The van der Waals surface area contributed by atoms with Crippen LogP contribution in [-0.2, 0) is 11.3 Å². The monoisotopic (exact) mass is 442 g/mol. The number of benzene rings is 1. The van der Waals surface area contributed by atoms with Gasteiger partial charge in [0.1, 0.15) is 0 Å². The number of piperidine rings is 1. The van der Waals surface area contributed by atoms with E-state index in [1.807, 2.05) is 12.1 Å². The first-order chi connectivity index (χ1) is 15.6. The number of methoxy groups -OCH3 is 3. The molecule has 0 radical (unpaired) electrons. The summed E-state index contributed by atoms with van der Waals surface area (Å²) < 4.78 is 16.4. The average Bonchev–Trinajstić information content (AvgIpc) is 3.54. The van der Waals surface area contributed by atoms with E-state index in [9.17, 15) is 4.79 Å². The van der Waals surface area contributed by atoms with Crippen LogP contribution in [0.5, 0.6) is 17.2 Å². The highest BCUT2D eigenvalue weighted by Gasteiger charge is 2.58. The van der Waals surface area contributed by atoms with Crippen LogP contribution in [0.2, 0.25) is 0 Å². The maximum absolute atomic E-state index is 12.7. The third kappa shape index (κ3) is 5.06. The van der Waals surface area contributed by atoms with Crippen molar-refractivity contribution in [3.63, 3.8) is 0 Å². The molecular weight excluding hydrogens is 404 g/mol. The van der Waals surface area contributed by atoms with Gasteiger partial charge in [-0.1, -0.05) is 11.6 Å². The van der Waals surface area contributed by atoms with Crippen LogP contribution in [0.3, 0.4) is 0 Å². The second-order valence-corrected chi connectivity index (χ2v) is 9.58. The summed E-state index contributed by atoms with van der Waals surface area (Å²) in [6.45, 7) is 3.68. The average molecular weight is 443 g/mol. The predicted octanol–water partition coefficient (Wildman–Crippen LogP) is 4.32. The number of nitrogens with one attached hydrogen (secondary N) is 1. The van der Waals surface area contributed by atoms with Gasteiger partial charge in [-0.15, -0.1) is 0 Å². The Kier molecular flexibility index (Phi) is 7.29. The van der Waals surface area contributed by atoms with Crippen LogP contribution in [0.1, 0.15) is 56.9 Å². The molecule has 1 N–H and O–H groups in total. The van der Waals surface area contributed by atoms with Gasteiger partial charge in [-0.3, -0.25) is 9.69 Å². The molecule has 1 amide bonds. The molecule has 0 aromatic heterocycles. The SMILES string of the molecule is COc1cc(CN2CCC3(CC2)C[C@@H]3C(=O)NCCC2=CCCCC2)cc(OC)c1OC. The van der Waals surface area contributed by atoms with Gasteiger partial charge in [0, 0.05) is 19.0 Å². The third-order valence-electron chi connectivity index (χ3n) is 7.62. The molecule has 32 heavy (non-hydrogen) atoms. The Morgan fingerprint density at radius 1 is 1.09 bits per heavy atom. The van der Waals surface area contributed by atoms with Crippen molar-refractivity contribution in [3.8, 4) is 17.2 Å². The molecule has 2 aliphatic carbocycles. The fraction of sp³-hybridized carbons (Fsp3) is 0.654. The largest absolute Gasteiger partial charge is 0.493 e. The lowest BCUT2D eigenvalue weighted by Gasteiger charge is -2.33. The maximum Gasteiger partial charge on any atom is 0.223 e. The van der Waals surface area contributed by atoms with Crippen LogP contribution in [-0.4, -0.2) is 51.8 Å². The van der Waals surface area contributed by atoms with E-state index in [0.717, 1.165) is 57.4 Å². The van der Waals surface area contributed by atoms with Crippen molar-refractivity contribution >= 4 is 5.91 Å². The van der Waals surface area contributed by atoms with Crippen molar-refractivity contribution in [3.05, 3.63) is 29.3 Å². The van der Waals surface area contributed by atoms with E-state index in [-0.39, 0.29) is 17.2 Å². The van der Waals surface area contributed by atoms with Crippen molar-refractivity contribution in [1.82, 2.24) is 10.2 Å². The zero-order chi connectivity index (χ0) is 22.6. The van der Waals surface area contributed by atoms with Crippen LogP contribution in [0.4, 0.5) is 0 Å². The molecule has 2 fully saturated rings. The molecular formula is C26H38N2O4. The molecule has 3 aliphatic rings. The zero-order valence-electron chi connectivity index (χ0n) is 19.9. The first-order valence-corrected chi connectivity index (χ1v) is 12.1. The quantitative estimate of drug-likeness (QED) is 0.577. The Labute approximate surface area is 192 Å². The molecule has 1 spiro atoms. The van der Waals surface area contributed by atoms with Gasteiger partial charge in [0.15, 0.2) is 11.5 Å². The molecule has 0 unspecified atom stereocenters. The maximum atomic E-state index is 12.7. The summed E-state index contributed by atoms with van der Waals surface area (Å²) in [4.78, 5) is 15.2. The Morgan fingerprint density at radius 2 is 1.81 bits per heavy atom. The number of nitrogens with zero attached hydrogens (tertiary/aromatic N) is 1. The number of carbonyl (C=O) groups excluding carboxylic acids is 1. The van der Waals surface area contributed by atoms with Gasteiger partial charge in [0.2, 0.25) is 11.7 Å². The van der Waals surface area contributed by atoms with E-state index in [2.05, 4.69) is 16.3 Å². The number of rotatable bonds is 9. The fourth-order valence-electron chi connectivity index (χ4n) is 5.51.